The molecular weight excluding hydrogens is 254 g/mol. The van der Waals surface area contributed by atoms with Crippen molar-refractivity contribution in [3.05, 3.63) is 36.0 Å². The lowest BCUT2D eigenvalue weighted by Crippen LogP contribution is -2.14. The number of aromatic amines is 1. The first-order valence-corrected chi connectivity index (χ1v) is 6.68. The van der Waals surface area contributed by atoms with E-state index in [-0.39, 0.29) is 5.03 Å². The van der Waals surface area contributed by atoms with E-state index in [1.165, 1.54) is 19.4 Å². The van der Waals surface area contributed by atoms with Crippen molar-refractivity contribution in [2.24, 2.45) is 0 Å². The van der Waals surface area contributed by atoms with Crippen molar-refractivity contribution in [2.75, 3.05) is 11.8 Å². The van der Waals surface area contributed by atoms with E-state index < -0.39 is 10.0 Å². The molecule has 0 fully saturated rings. The van der Waals surface area contributed by atoms with Crippen LogP contribution in [0.4, 0.5) is 5.69 Å². The van der Waals surface area contributed by atoms with Crippen LogP contribution in [0.5, 0.6) is 5.75 Å². The molecule has 0 aliphatic rings. The molecule has 1 heterocycles. The number of H-pyrrole nitrogens is 1. The Balaban J connectivity index is 2.37. The third kappa shape index (κ3) is 2.45. The molecular formula is C11H13N3O3S. The van der Waals surface area contributed by atoms with Crippen LogP contribution in [0.1, 0.15) is 5.56 Å². The van der Waals surface area contributed by atoms with E-state index >= 15 is 0 Å². The molecule has 96 valence electrons. The van der Waals surface area contributed by atoms with Gasteiger partial charge in [-0.15, -0.1) is 0 Å². The zero-order valence-corrected chi connectivity index (χ0v) is 10.8. The molecule has 0 aliphatic carbocycles. The van der Waals surface area contributed by atoms with Crippen LogP contribution in [0.2, 0.25) is 0 Å². The van der Waals surface area contributed by atoms with E-state index in [0.717, 1.165) is 5.56 Å². The largest absolute Gasteiger partial charge is 0.495 e. The number of aryl methyl sites for hydroxylation is 1. The normalized spacial score (nSPS) is 11.2. The number of nitrogens with one attached hydrogen (secondary N) is 2. The Morgan fingerprint density at radius 1 is 1.33 bits per heavy atom. The molecule has 0 saturated heterocycles. The topological polar surface area (TPSA) is 84.1 Å². The highest BCUT2D eigenvalue weighted by molar-refractivity contribution is 7.92. The fourth-order valence-corrected chi connectivity index (χ4v) is 2.47. The summed E-state index contributed by atoms with van der Waals surface area (Å²) in [6.07, 6.45) is 1.38. The van der Waals surface area contributed by atoms with E-state index in [9.17, 15) is 8.42 Å². The number of hydrogen-bond acceptors (Lipinski definition) is 4. The zero-order chi connectivity index (χ0) is 13.2. The number of nitrogens with zero attached hydrogens (tertiary/aromatic N) is 1. The van der Waals surface area contributed by atoms with Crippen molar-refractivity contribution in [3.63, 3.8) is 0 Å². The molecule has 6 nitrogen and oxygen atoms in total. The van der Waals surface area contributed by atoms with Gasteiger partial charge in [-0.05, 0) is 30.7 Å². The number of ether oxygens (including phenoxy) is 1. The molecule has 0 radical (unpaired) electrons. The third-order valence-corrected chi connectivity index (χ3v) is 3.66. The van der Waals surface area contributed by atoms with Gasteiger partial charge in [-0.2, -0.15) is 13.5 Å². The van der Waals surface area contributed by atoms with Gasteiger partial charge < -0.3 is 4.74 Å². The van der Waals surface area contributed by atoms with Gasteiger partial charge in [0.15, 0.2) is 5.03 Å². The molecule has 0 aliphatic heterocycles. The molecule has 7 heteroatoms. The van der Waals surface area contributed by atoms with Gasteiger partial charge in [-0.25, -0.2) is 0 Å². The summed E-state index contributed by atoms with van der Waals surface area (Å²) in [5.41, 5.74) is 1.32. The van der Waals surface area contributed by atoms with Gasteiger partial charge in [0.2, 0.25) is 0 Å². The van der Waals surface area contributed by atoms with E-state index in [0.29, 0.717) is 11.4 Å². The van der Waals surface area contributed by atoms with Gasteiger partial charge in [0.05, 0.1) is 19.0 Å². The molecule has 1 aromatic carbocycles. The van der Waals surface area contributed by atoms with Crippen LogP contribution in [-0.2, 0) is 10.0 Å². The Morgan fingerprint density at radius 3 is 2.72 bits per heavy atom. The molecule has 0 saturated carbocycles. The van der Waals surface area contributed by atoms with Crippen molar-refractivity contribution >= 4 is 15.7 Å². The Kier molecular flexibility index (Phi) is 3.24. The second-order valence-corrected chi connectivity index (χ2v) is 5.38. The van der Waals surface area contributed by atoms with E-state index in [1.54, 1.807) is 12.1 Å². The summed E-state index contributed by atoms with van der Waals surface area (Å²) < 4.78 is 31.6. The second-order valence-electron chi connectivity index (χ2n) is 3.73. The molecule has 1 aromatic heterocycles. The minimum Gasteiger partial charge on any atom is -0.495 e. The average molecular weight is 267 g/mol. The summed E-state index contributed by atoms with van der Waals surface area (Å²) in [6, 6.07) is 6.63. The first-order chi connectivity index (χ1) is 8.53. The number of rotatable bonds is 4. The van der Waals surface area contributed by atoms with E-state index in [4.69, 9.17) is 4.74 Å². The van der Waals surface area contributed by atoms with E-state index in [2.05, 4.69) is 14.9 Å². The summed E-state index contributed by atoms with van der Waals surface area (Å²) in [4.78, 5) is 0. The monoisotopic (exact) mass is 267 g/mol. The van der Waals surface area contributed by atoms with Gasteiger partial charge in [-0.3, -0.25) is 9.82 Å². The highest BCUT2D eigenvalue weighted by Gasteiger charge is 2.17. The minimum absolute atomic E-state index is 0.00561. The fourth-order valence-electron chi connectivity index (χ4n) is 1.49. The van der Waals surface area contributed by atoms with Gasteiger partial charge in [-0.1, -0.05) is 6.07 Å². The van der Waals surface area contributed by atoms with Crippen molar-refractivity contribution in [3.8, 4) is 5.75 Å². The van der Waals surface area contributed by atoms with Crippen LogP contribution in [0, 0.1) is 6.92 Å². The van der Waals surface area contributed by atoms with Gasteiger partial charge >= 0.3 is 0 Å². The number of anilines is 1. The minimum atomic E-state index is -3.67. The molecule has 0 spiro atoms. The highest BCUT2D eigenvalue weighted by atomic mass is 32.2. The molecule has 0 amide bonds. The Labute approximate surface area is 105 Å². The maximum absolute atomic E-state index is 12.0. The first-order valence-electron chi connectivity index (χ1n) is 5.20. The highest BCUT2D eigenvalue weighted by Crippen LogP contribution is 2.27. The van der Waals surface area contributed by atoms with Crippen molar-refractivity contribution in [1.82, 2.24) is 10.2 Å². The lowest BCUT2D eigenvalue weighted by Gasteiger charge is -2.11. The molecule has 2 N–H and O–H groups in total. The summed E-state index contributed by atoms with van der Waals surface area (Å²) >= 11 is 0. The molecule has 2 rings (SSSR count). The molecule has 2 aromatic rings. The van der Waals surface area contributed by atoms with Crippen molar-refractivity contribution in [2.45, 2.75) is 11.9 Å². The van der Waals surface area contributed by atoms with Gasteiger partial charge in [0, 0.05) is 0 Å². The van der Waals surface area contributed by atoms with Crippen LogP contribution < -0.4 is 9.46 Å². The standard InChI is InChI=1S/C11H13N3O3S/c1-8-3-4-10(17-2)9(7-8)14-18(15,16)11-5-6-12-13-11/h3-7,14H,1-2H3,(H,12,13). The summed E-state index contributed by atoms with van der Waals surface area (Å²) in [5.74, 6) is 0.462. The van der Waals surface area contributed by atoms with Crippen molar-refractivity contribution < 1.29 is 13.2 Å². The van der Waals surface area contributed by atoms with Gasteiger partial charge in [0.1, 0.15) is 5.75 Å². The number of aromatic nitrogens is 2. The number of methoxy groups -OCH3 is 1. The third-order valence-electron chi connectivity index (χ3n) is 2.36. The quantitative estimate of drug-likeness (QED) is 0.879. The Morgan fingerprint density at radius 2 is 2.11 bits per heavy atom. The lowest BCUT2D eigenvalue weighted by molar-refractivity contribution is 0.417. The smallest absolute Gasteiger partial charge is 0.278 e. The molecule has 0 unspecified atom stereocenters. The predicted molar refractivity (Wildman–Crippen MR) is 67.1 cm³/mol. The number of hydrogen-bond donors (Lipinski definition) is 2. The lowest BCUT2D eigenvalue weighted by atomic mass is 10.2. The SMILES string of the molecule is COc1ccc(C)cc1NS(=O)(=O)c1ccn[nH]1. The van der Waals surface area contributed by atoms with Gasteiger partial charge in [0.25, 0.3) is 10.0 Å². The number of benzene rings is 1. The predicted octanol–water partition coefficient (Wildman–Crippen LogP) is 1.53. The molecule has 0 bridgehead atoms. The second kappa shape index (κ2) is 4.69. The van der Waals surface area contributed by atoms with Crippen LogP contribution in [0.25, 0.3) is 0 Å². The van der Waals surface area contributed by atoms with Crippen LogP contribution >= 0.6 is 0 Å². The number of sulfonamides is 1. The zero-order valence-electron chi connectivity index (χ0n) is 9.97. The summed E-state index contributed by atoms with van der Waals surface area (Å²) in [5, 5.41) is 6.03. The maximum atomic E-state index is 12.0. The average Bonchev–Trinajstić information content (AvgIpc) is 2.83. The summed E-state index contributed by atoms with van der Waals surface area (Å²) in [6.45, 7) is 1.87. The van der Waals surface area contributed by atoms with Crippen molar-refractivity contribution in [1.29, 1.82) is 0 Å². The molecule has 18 heavy (non-hydrogen) atoms. The maximum Gasteiger partial charge on any atom is 0.278 e. The first kappa shape index (κ1) is 12.4. The van der Waals surface area contributed by atoms with Crippen LogP contribution in [0.15, 0.2) is 35.5 Å². The van der Waals surface area contributed by atoms with Crippen LogP contribution in [0.3, 0.4) is 0 Å². The van der Waals surface area contributed by atoms with E-state index in [1.807, 2.05) is 13.0 Å². The fraction of sp³-hybridized carbons (Fsp3) is 0.182. The Bertz CT molecular complexity index is 636. The Hall–Kier alpha value is -2.02. The molecule has 0 atom stereocenters. The summed E-state index contributed by atoms with van der Waals surface area (Å²) in [7, 11) is -2.18. The van der Waals surface area contributed by atoms with Crippen LogP contribution in [-0.4, -0.2) is 25.7 Å².